The molecule has 0 aromatic heterocycles. The molecule has 4 aromatic rings. The minimum absolute atomic E-state index is 0.126. The first-order valence-corrected chi connectivity index (χ1v) is 18.4. The zero-order chi connectivity index (χ0) is 38.5. The lowest BCUT2D eigenvalue weighted by molar-refractivity contribution is -0.117. The second kappa shape index (κ2) is 22.9. The van der Waals surface area contributed by atoms with Crippen LogP contribution in [0.4, 0.5) is 17.1 Å². The summed E-state index contributed by atoms with van der Waals surface area (Å²) in [6.07, 6.45) is 5.29. The fraction of sp³-hybridized carbons (Fsp3) is 0.286. The molecule has 0 unspecified atom stereocenters. The number of hydrogen-bond acceptors (Lipinski definition) is 8. The van der Waals surface area contributed by atoms with Gasteiger partial charge in [0.05, 0.1) is 60.3 Å². The number of benzene rings is 4. The first-order chi connectivity index (χ1) is 26.3. The largest absolute Gasteiger partial charge is 0.493 e. The number of nitrogens with one attached hydrogen (secondary N) is 2. The maximum atomic E-state index is 12.6. The normalized spacial score (nSPS) is 10.7. The number of ether oxygens (including phenoxy) is 5. The van der Waals surface area contributed by atoms with Crippen molar-refractivity contribution in [3.63, 3.8) is 0 Å². The number of anilines is 3. The zero-order valence-corrected chi connectivity index (χ0v) is 32.3. The van der Waals surface area contributed by atoms with Crippen molar-refractivity contribution >= 4 is 50.7 Å². The maximum absolute atomic E-state index is 12.6. The van der Waals surface area contributed by atoms with E-state index < -0.39 is 0 Å². The van der Waals surface area contributed by atoms with Crippen LogP contribution in [-0.4, -0.2) is 78.1 Å². The van der Waals surface area contributed by atoms with Gasteiger partial charge in [0, 0.05) is 33.6 Å². The van der Waals surface area contributed by atoms with Crippen LogP contribution in [-0.2, 0) is 30.2 Å². The molecule has 0 aliphatic heterocycles. The van der Waals surface area contributed by atoms with Gasteiger partial charge in [-0.2, -0.15) is 0 Å². The van der Waals surface area contributed by atoms with Crippen LogP contribution in [0.1, 0.15) is 34.3 Å². The Kier molecular flexibility index (Phi) is 17.7. The summed E-state index contributed by atoms with van der Waals surface area (Å²) in [6, 6.07) is 27.8. The second-order valence-electron chi connectivity index (χ2n) is 11.8. The molecular weight excluding hydrogens is 754 g/mol. The molecule has 11 nitrogen and oxygen atoms in total. The van der Waals surface area contributed by atoms with Gasteiger partial charge < -0.3 is 34.3 Å². The van der Waals surface area contributed by atoms with Crippen LogP contribution in [0.25, 0.3) is 0 Å². The van der Waals surface area contributed by atoms with Gasteiger partial charge in [0.2, 0.25) is 5.91 Å². The lowest BCUT2D eigenvalue weighted by atomic mass is 10.0. The van der Waals surface area contributed by atoms with Crippen molar-refractivity contribution in [1.82, 2.24) is 5.32 Å². The number of carbonyl (C=O) groups is 3. The molecule has 1 radical (unpaired) electrons. The molecular formula is C42H47BrN3O8. The number of rotatable bonds is 23. The first-order valence-electron chi connectivity index (χ1n) is 17.6. The quantitative estimate of drug-likeness (QED) is 0.0592. The highest BCUT2D eigenvalue weighted by atomic mass is 79.9. The summed E-state index contributed by atoms with van der Waals surface area (Å²) in [5, 5.41) is 5.75. The van der Waals surface area contributed by atoms with Crippen LogP contribution in [0.3, 0.4) is 0 Å². The molecule has 0 spiro atoms. The summed E-state index contributed by atoms with van der Waals surface area (Å²) in [7, 11) is 3.25. The Bertz CT molecular complexity index is 1800. The SMILES string of the molecule is C=CC(=O)N(c1ccc(Br)cc1)c1ccc(C(=O)NCCOCCOCCOCCC(=O)Nc2cccc([CH]CCc3ccc(OC)c(OC)c3)c2)cc1. The number of carbonyl (C=O) groups excluding carboxylic acids is 3. The molecule has 12 heteroatoms. The molecule has 0 saturated carbocycles. The topological polar surface area (TPSA) is 125 Å². The molecule has 54 heavy (non-hydrogen) atoms. The van der Waals surface area contributed by atoms with Gasteiger partial charge in [-0.3, -0.25) is 19.3 Å². The van der Waals surface area contributed by atoms with Gasteiger partial charge in [0.1, 0.15) is 0 Å². The van der Waals surface area contributed by atoms with E-state index in [0.29, 0.717) is 68.0 Å². The number of methoxy groups -OCH3 is 2. The third-order valence-electron chi connectivity index (χ3n) is 8.05. The van der Waals surface area contributed by atoms with Crippen LogP contribution in [0.5, 0.6) is 11.5 Å². The van der Waals surface area contributed by atoms with Crippen LogP contribution in [0.15, 0.2) is 108 Å². The highest BCUT2D eigenvalue weighted by molar-refractivity contribution is 9.10. The summed E-state index contributed by atoms with van der Waals surface area (Å²) in [5.74, 6) is 0.767. The molecule has 0 saturated heterocycles. The summed E-state index contributed by atoms with van der Waals surface area (Å²) in [6.45, 7) is 6.00. The van der Waals surface area contributed by atoms with Crippen molar-refractivity contribution in [3.05, 3.63) is 131 Å². The van der Waals surface area contributed by atoms with Crippen LogP contribution in [0, 0.1) is 6.42 Å². The maximum Gasteiger partial charge on any atom is 0.254 e. The molecule has 4 rings (SSSR count). The molecule has 3 amide bonds. The van der Waals surface area contributed by atoms with E-state index in [9.17, 15) is 14.4 Å². The average molecular weight is 802 g/mol. The fourth-order valence-corrected chi connectivity index (χ4v) is 5.57. The smallest absolute Gasteiger partial charge is 0.254 e. The Hall–Kier alpha value is -5.01. The minimum Gasteiger partial charge on any atom is -0.493 e. The molecule has 2 N–H and O–H groups in total. The van der Waals surface area contributed by atoms with E-state index in [2.05, 4.69) is 39.6 Å². The van der Waals surface area contributed by atoms with E-state index in [-0.39, 0.29) is 30.7 Å². The standard InChI is InChI=1S/C42H47BrN3O8/c1-4-41(48)46(37-18-14-34(43)15-19-37)36-16-12-33(13-17-36)42(49)44-22-24-53-26-28-54-27-25-52-23-21-40(47)45-35-10-6-9-31(29-35)7-5-8-32-11-20-38(50-2)39(30-32)51-3/h4,6-7,9-20,29-30H,1,5,8,21-28H2,2-3H3,(H,44,49)(H,45,47). The van der Waals surface area contributed by atoms with Crippen molar-refractivity contribution in [1.29, 1.82) is 0 Å². The summed E-state index contributed by atoms with van der Waals surface area (Å²) < 4.78 is 28.2. The third-order valence-corrected chi connectivity index (χ3v) is 8.58. The fourth-order valence-electron chi connectivity index (χ4n) is 5.30. The average Bonchev–Trinajstić information content (AvgIpc) is 3.19. The van der Waals surface area contributed by atoms with Gasteiger partial charge in [-0.25, -0.2) is 0 Å². The van der Waals surface area contributed by atoms with Gasteiger partial charge in [-0.1, -0.05) is 40.7 Å². The molecule has 0 fully saturated rings. The predicted octanol–water partition coefficient (Wildman–Crippen LogP) is 7.31. The van der Waals surface area contributed by atoms with E-state index in [4.69, 9.17) is 23.7 Å². The zero-order valence-electron chi connectivity index (χ0n) is 30.7. The summed E-state index contributed by atoms with van der Waals surface area (Å²) in [5.41, 5.74) is 4.68. The van der Waals surface area contributed by atoms with Gasteiger partial charge in [-0.15, -0.1) is 0 Å². The van der Waals surface area contributed by atoms with Crippen LogP contribution >= 0.6 is 15.9 Å². The van der Waals surface area contributed by atoms with Crippen molar-refractivity contribution in [2.75, 3.05) is 70.6 Å². The van der Waals surface area contributed by atoms with E-state index >= 15 is 0 Å². The molecule has 0 aliphatic rings. The Morgan fingerprint density at radius 1 is 0.759 bits per heavy atom. The van der Waals surface area contributed by atoms with E-state index in [1.807, 2.05) is 66.7 Å². The van der Waals surface area contributed by atoms with Crippen molar-refractivity contribution in [2.24, 2.45) is 0 Å². The minimum atomic E-state index is -0.281. The van der Waals surface area contributed by atoms with Gasteiger partial charge in [-0.05, 0) is 109 Å². The lowest BCUT2D eigenvalue weighted by Crippen LogP contribution is -2.28. The Labute approximate surface area is 325 Å². The molecule has 0 bridgehead atoms. The third kappa shape index (κ3) is 13.8. The second-order valence-corrected chi connectivity index (χ2v) is 12.8. The van der Waals surface area contributed by atoms with Crippen LogP contribution in [0.2, 0.25) is 0 Å². The predicted molar refractivity (Wildman–Crippen MR) is 214 cm³/mol. The summed E-state index contributed by atoms with van der Waals surface area (Å²) >= 11 is 3.40. The number of hydrogen-bond donors (Lipinski definition) is 2. The summed E-state index contributed by atoms with van der Waals surface area (Å²) in [4.78, 5) is 39.1. The molecule has 0 aliphatic carbocycles. The van der Waals surface area contributed by atoms with Gasteiger partial charge in [0.25, 0.3) is 11.8 Å². The monoisotopic (exact) mass is 800 g/mol. The molecule has 0 atom stereocenters. The molecule has 285 valence electrons. The van der Waals surface area contributed by atoms with Gasteiger partial charge in [0.15, 0.2) is 11.5 Å². The highest BCUT2D eigenvalue weighted by Crippen LogP contribution is 2.29. The highest BCUT2D eigenvalue weighted by Gasteiger charge is 2.16. The van der Waals surface area contributed by atoms with E-state index in [0.717, 1.165) is 34.1 Å². The number of amides is 3. The van der Waals surface area contributed by atoms with Crippen molar-refractivity contribution in [3.8, 4) is 11.5 Å². The van der Waals surface area contributed by atoms with E-state index in [1.165, 1.54) is 11.0 Å². The Morgan fingerprint density at radius 3 is 2.07 bits per heavy atom. The van der Waals surface area contributed by atoms with Crippen molar-refractivity contribution in [2.45, 2.75) is 19.3 Å². The number of halogens is 1. The first kappa shape index (κ1) is 41.7. The lowest BCUT2D eigenvalue weighted by Gasteiger charge is -2.22. The van der Waals surface area contributed by atoms with Gasteiger partial charge >= 0.3 is 0 Å². The molecule has 4 aromatic carbocycles. The van der Waals surface area contributed by atoms with E-state index in [1.54, 1.807) is 38.5 Å². The van der Waals surface area contributed by atoms with Crippen LogP contribution < -0.4 is 25.0 Å². The van der Waals surface area contributed by atoms with Crippen molar-refractivity contribution < 1.29 is 38.1 Å². The number of nitrogens with zero attached hydrogens (tertiary/aromatic N) is 1. The number of aryl methyl sites for hydroxylation is 1. The Morgan fingerprint density at radius 2 is 1.41 bits per heavy atom. The molecule has 0 heterocycles. The Balaban J connectivity index is 1.01.